The summed E-state index contributed by atoms with van der Waals surface area (Å²) in [5.41, 5.74) is 1.39. The highest BCUT2D eigenvalue weighted by Crippen LogP contribution is 2.38. The van der Waals surface area contributed by atoms with Crippen molar-refractivity contribution in [2.24, 2.45) is 0 Å². The summed E-state index contributed by atoms with van der Waals surface area (Å²) in [7, 11) is 1.54. The molecule has 0 aliphatic carbocycles. The van der Waals surface area contributed by atoms with Gasteiger partial charge < -0.3 is 14.7 Å². The predicted octanol–water partition coefficient (Wildman–Crippen LogP) is 2.75. The van der Waals surface area contributed by atoms with Crippen molar-refractivity contribution in [3.63, 3.8) is 0 Å². The van der Waals surface area contributed by atoms with Gasteiger partial charge in [0.2, 0.25) is 0 Å². The van der Waals surface area contributed by atoms with E-state index in [1.54, 1.807) is 24.3 Å². The van der Waals surface area contributed by atoms with E-state index in [1.807, 2.05) is 36.4 Å². The molecular weight excluding hydrogens is 318 g/mol. The molecule has 1 heterocycles. The van der Waals surface area contributed by atoms with Gasteiger partial charge in [-0.05, 0) is 5.56 Å². The molecule has 1 fully saturated rings. The molecule has 0 spiro atoms. The predicted molar refractivity (Wildman–Crippen MR) is 93.8 cm³/mol. The third-order valence-electron chi connectivity index (χ3n) is 4.24. The molecule has 25 heavy (non-hydrogen) atoms. The van der Waals surface area contributed by atoms with Crippen molar-refractivity contribution in [1.29, 1.82) is 0 Å². The molecule has 5 heteroatoms. The average Bonchev–Trinajstić information content (AvgIpc) is 2.91. The number of rotatable bonds is 5. The van der Waals surface area contributed by atoms with Gasteiger partial charge >= 0.3 is 0 Å². The van der Waals surface area contributed by atoms with Crippen molar-refractivity contribution in [2.45, 2.75) is 6.04 Å². The number of aliphatic hydroxyl groups is 1. The third-order valence-corrected chi connectivity index (χ3v) is 4.24. The first kappa shape index (κ1) is 16.9. The highest BCUT2D eigenvalue weighted by atomic mass is 16.5. The zero-order valence-electron chi connectivity index (χ0n) is 13.9. The molecule has 0 aromatic heterocycles. The minimum absolute atomic E-state index is 0.110. The van der Waals surface area contributed by atoms with E-state index in [0.717, 1.165) is 5.56 Å². The Morgan fingerprint density at radius 3 is 2.24 bits per heavy atom. The van der Waals surface area contributed by atoms with Crippen molar-refractivity contribution >= 4 is 17.4 Å². The Morgan fingerprint density at radius 1 is 1.04 bits per heavy atom. The Labute approximate surface area is 146 Å². The van der Waals surface area contributed by atoms with Crippen LogP contribution in [0.15, 0.2) is 66.2 Å². The molecule has 3 rings (SSSR count). The van der Waals surface area contributed by atoms with E-state index in [2.05, 4.69) is 0 Å². The van der Waals surface area contributed by atoms with Gasteiger partial charge in [-0.3, -0.25) is 9.59 Å². The lowest BCUT2D eigenvalue weighted by Crippen LogP contribution is -2.32. The van der Waals surface area contributed by atoms with Crippen molar-refractivity contribution in [2.75, 3.05) is 20.3 Å². The second-order valence-corrected chi connectivity index (χ2v) is 5.76. The van der Waals surface area contributed by atoms with Gasteiger partial charge in [0.25, 0.3) is 11.7 Å². The number of aliphatic hydroxyl groups excluding tert-OH is 1. The average molecular weight is 337 g/mol. The summed E-state index contributed by atoms with van der Waals surface area (Å²) >= 11 is 0. The first-order chi connectivity index (χ1) is 12.1. The van der Waals surface area contributed by atoms with Crippen LogP contribution in [-0.4, -0.2) is 42.0 Å². The van der Waals surface area contributed by atoms with Crippen LogP contribution in [0.5, 0.6) is 0 Å². The second-order valence-electron chi connectivity index (χ2n) is 5.76. The van der Waals surface area contributed by atoms with Crippen LogP contribution in [0.3, 0.4) is 0 Å². The smallest absolute Gasteiger partial charge is 0.295 e. The number of hydrogen-bond donors (Lipinski definition) is 1. The molecule has 0 saturated carbocycles. The van der Waals surface area contributed by atoms with Crippen LogP contribution in [0.1, 0.15) is 17.2 Å². The fraction of sp³-hybridized carbons (Fsp3) is 0.200. The summed E-state index contributed by atoms with van der Waals surface area (Å²) in [6.45, 7) is 0.577. The Morgan fingerprint density at radius 2 is 1.64 bits per heavy atom. The molecule has 0 radical (unpaired) electrons. The van der Waals surface area contributed by atoms with Crippen molar-refractivity contribution in [3.05, 3.63) is 77.4 Å². The number of amides is 1. The Bertz CT molecular complexity index is 799. The molecule has 2 aromatic carbocycles. The van der Waals surface area contributed by atoms with Gasteiger partial charge in [0.05, 0.1) is 18.2 Å². The molecule has 1 atom stereocenters. The number of methoxy groups -OCH3 is 1. The second kappa shape index (κ2) is 7.32. The van der Waals surface area contributed by atoms with Gasteiger partial charge in [-0.25, -0.2) is 0 Å². The molecule has 1 unspecified atom stereocenters. The quantitative estimate of drug-likeness (QED) is 0.517. The normalized spacial score (nSPS) is 19.4. The number of likely N-dealkylation sites (tertiary alicyclic amines) is 1. The van der Waals surface area contributed by atoms with E-state index in [1.165, 1.54) is 12.0 Å². The number of ether oxygens (including phenoxy) is 1. The Balaban J connectivity index is 2.14. The summed E-state index contributed by atoms with van der Waals surface area (Å²) in [5.74, 6) is -1.46. The van der Waals surface area contributed by atoms with Crippen LogP contribution in [0.4, 0.5) is 0 Å². The number of benzene rings is 2. The third kappa shape index (κ3) is 3.19. The summed E-state index contributed by atoms with van der Waals surface area (Å²) in [6, 6.07) is 17.4. The van der Waals surface area contributed by atoms with E-state index in [0.29, 0.717) is 12.2 Å². The maximum atomic E-state index is 12.6. The molecule has 5 nitrogen and oxygen atoms in total. The van der Waals surface area contributed by atoms with Crippen LogP contribution < -0.4 is 0 Å². The molecular formula is C20H19NO4. The Kier molecular flexibility index (Phi) is 4.95. The lowest BCUT2D eigenvalue weighted by Gasteiger charge is -2.25. The van der Waals surface area contributed by atoms with Gasteiger partial charge in [0, 0.05) is 19.2 Å². The maximum Gasteiger partial charge on any atom is 0.295 e. The number of carbonyl (C=O) groups is 2. The SMILES string of the molecule is COCCN1C(=O)C(=O)/C(=C(/O)c2ccccc2)C1c1ccccc1. The summed E-state index contributed by atoms with van der Waals surface area (Å²) < 4.78 is 5.07. The lowest BCUT2D eigenvalue weighted by atomic mass is 9.95. The van der Waals surface area contributed by atoms with Crippen LogP contribution in [0.25, 0.3) is 5.76 Å². The zero-order chi connectivity index (χ0) is 17.8. The van der Waals surface area contributed by atoms with E-state index in [9.17, 15) is 14.7 Å². The first-order valence-electron chi connectivity index (χ1n) is 8.03. The largest absolute Gasteiger partial charge is 0.507 e. The van der Waals surface area contributed by atoms with E-state index < -0.39 is 17.7 Å². The van der Waals surface area contributed by atoms with E-state index in [-0.39, 0.29) is 17.9 Å². The van der Waals surface area contributed by atoms with Crippen LogP contribution >= 0.6 is 0 Å². The highest BCUT2D eigenvalue weighted by Gasteiger charge is 2.45. The first-order valence-corrected chi connectivity index (χ1v) is 8.03. The standard InChI is InChI=1S/C20H19NO4/c1-25-13-12-21-17(14-8-4-2-5-9-14)16(19(23)20(21)24)18(22)15-10-6-3-7-11-15/h2-11,17,22H,12-13H2,1H3/b18-16+. The van der Waals surface area contributed by atoms with Crippen LogP contribution in [0, 0.1) is 0 Å². The lowest BCUT2D eigenvalue weighted by molar-refractivity contribution is -0.140. The van der Waals surface area contributed by atoms with Gasteiger partial charge in [0.1, 0.15) is 5.76 Å². The minimum Gasteiger partial charge on any atom is -0.507 e. The Hall–Kier alpha value is -2.92. The summed E-state index contributed by atoms with van der Waals surface area (Å²) in [6.07, 6.45) is 0. The molecule has 128 valence electrons. The fourth-order valence-electron chi connectivity index (χ4n) is 3.03. The summed E-state index contributed by atoms with van der Waals surface area (Å²) in [4.78, 5) is 26.6. The number of Topliss-reactive ketones (excluding diaryl/α,β-unsaturated/α-hetero) is 1. The number of ketones is 1. The van der Waals surface area contributed by atoms with Gasteiger partial charge in [-0.15, -0.1) is 0 Å². The molecule has 1 aliphatic rings. The monoisotopic (exact) mass is 337 g/mol. The topological polar surface area (TPSA) is 66.8 Å². The molecule has 1 saturated heterocycles. The molecule has 0 bridgehead atoms. The van der Waals surface area contributed by atoms with Crippen molar-refractivity contribution in [3.8, 4) is 0 Å². The highest BCUT2D eigenvalue weighted by molar-refractivity contribution is 6.46. The minimum atomic E-state index is -0.675. The molecule has 2 aromatic rings. The van der Waals surface area contributed by atoms with Gasteiger partial charge in [-0.2, -0.15) is 0 Å². The fourth-order valence-corrected chi connectivity index (χ4v) is 3.03. The zero-order valence-corrected chi connectivity index (χ0v) is 13.9. The molecule has 1 amide bonds. The molecule has 1 N–H and O–H groups in total. The van der Waals surface area contributed by atoms with Gasteiger partial charge in [0.15, 0.2) is 0 Å². The maximum absolute atomic E-state index is 12.6. The summed E-state index contributed by atoms with van der Waals surface area (Å²) in [5, 5.41) is 10.7. The van der Waals surface area contributed by atoms with E-state index >= 15 is 0 Å². The van der Waals surface area contributed by atoms with Crippen molar-refractivity contribution in [1.82, 2.24) is 4.90 Å². The van der Waals surface area contributed by atoms with Gasteiger partial charge in [-0.1, -0.05) is 60.7 Å². The van der Waals surface area contributed by atoms with Crippen molar-refractivity contribution < 1.29 is 19.4 Å². The molecule has 1 aliphatic heterocycles. The van der Waals surface area contributed by atoms with Crippen LogP contribution in [-0.2, 0) is 14.3 Å². The number of carbonyl (C=O) groups excluding carboxylic acids is 2. The van der Waals surface area contributed by atoms with Crippen LogP contribution in [0.2, 0.25) is 0 Å². The number of nitrogens with zero attached hydrogens (tertiary/aromatic N) is 1. The van der Waals surface area contributed by atoms with E-state index in [4.69, 9.17) is 4.74 Å². The number of hydrogen-bond acceptors (Lipinski definition) is 4.